The van der Waals surface area contributed by atoms with Gasteiger partial charge in [0.05, 0.1) is 0 Å². The number of rotatable bonds is 5. The molecule has 19 heavy (non-hydrogen) atoms. The van der Waals surface area contributed by atoms with Crippen molar-refractivity contribution in [2.24, 2.45) is 11.8 Å². The van der Waals surface area contributed by atoms with Crippen LogP contribution in [0.5, 0.6) is 0 Å². The van der Waals surface area contributed by atoms with E-state index in [9.17, 15) is 0 Å². The molecule has 0 aromatic heterocycles. The Labute approximate surface area is 120 Å². The molecule has 112 valence electrons. The summed E-state index contributed by atoms with van der Waals surface area (Å²) in [4.78, 5) is 2.81. The highest BCUT2D eigenvalue weighted by Gasteiger charge is 2.31. The van der Waals surface area contributed by atoms with Crippen molar-refractivity contribution in [3.05, 3.63) is 0 Å². The summed E-state index contributed by atoms with van der Waals surface area (Å²) in [5.74, 6) is 1.85. The first-order chi connectivity index (χ1) is 9.24. The van der Waals surface area contributed by atoms with Crippen molar-refractivity contribution in [2.75, 3.05) is 19.6 Å². The summed E-state index contributed by atoms with van der Waals surface area (Å²) in [6.07, 6.45) is 9.87. The van der Waals surface area contributed by atoms with Crippen LogP contribution in [-0.4, -0.2) is 36.6 Å². The van der Waals surface area contributed by atoms with Crippen LogP contribution in [0.3, 0.4) is 0 Å². The summed E-state index contributed by atoms with van der Waals surface area (Å²) in [6, 6.07) is 1.67. The largest absolute Gasteiger partial charge is 0.314 e. The van der Waals surface area contributed by atoms with Gasteiger partial charge in [0.1, 0.15) is 0 Å². The van der Waals surface area contributed by atoms with Crippen LogP contribution in [-0.2, 0) is 0 Å². The fraction of sp³-hybridized carbons (Fsp3) is 1.00. The lowest BCUT2D eigenvalue weighted by molar-refractivity contribution is 0.0738. The smallest absolute Gasteiger partial charge is 0.0117 e. The lowest BCUT2D eigenvalue weighted by Crippen LogP contribution is -2.52. The minimum absolute atomic E-state index is 0.767. The Morgan fingerprint density at radius 1 is 1.05 bits per heavy atom. The highest BCUT2D eigenvalue weighted by atomic mass is 15.2. The number of likely N-dealkylation sites (tertiary alicyclic amines) is 1. The van der Waals surface area contributed by atoms with E-state index >= 15 is 0 Å². The fourth-order valence-electron chi connectivity index (χ4n) is 4.06. The van der Waals surface area contributed by atoms with E-state index in [1.165, 1.54) is 64.6 Å². The summed E-state index contributed by atoms with van der Waals surface area (Å²) < 4.78 is 0. The van der Waals surface area contributed by atoms with E-state index in [4.69, 9.17) is 0 Å². The summed E-state index contributed by atoms with van der Waals surface area (Å²) in [5.41, 5.74) is 0. The number of hydrogen-bond acceptors (Lipinski definition) is 2. The van der Waals surface area contributed by atoms with Crippen molar-refractivity contribution in [3.8, 4) is 0 Å². The third-order valence-electron chi connectivity index (χ3n) is 5.50. The van der Waals surface area contributed by atoms with E-state index in [2.05, 4.69) is 31.0 Å². The Hall–Kier alpha value is -0.0800. The Morgan fingerprint density at radius 3 is 2.37 bits per heavy atom. The summed E-state index contributed by atoms with van der Waals surface area (Å²) in [6.45, 7) is 10.9. The predicted octanol–water partition coefficient (Wildman–Crippen LogP) is 3.67. The molecule has 2 fully saturated rings. The molecular formula is C17H34N2. The first-order valence-electron chi connectivity index (χ1n) is 8.72. The van der Waals surface area contributed by atoms with Crippen LogP contribution < -0.4 is 5.32 Å². The molecule has 2 atom stereocenters. The number of hydrogen-bond donors (Lipinski definition) is 1. The highest BCUT2D eigenvalue weighted by molar-refractivity contribution is 4.87. The van der Waals surface area contributed by atoms with Crippen LogP contribution in [0.15, 0.2) is 0 Å². The van der Waals surface area contributed by atoms with Gasteiger partial charge in [-0.25, -0.2) is 0 Å². The number of nitrogens with zero attached hydrogens (tertiary/aromatic N) is 1. The molecule has 1 heterocycles. The van der Waals surface area contributed by atoms with E-state index in [0.717, 1.165) is 23.9 Å². The third kappa shape index (κ3) is 4.19. The Morgan fingerprint density at radius 2 is 1.79 bits per heavy atom. The average molecular weight is 266 g/mol. The Bertz CT molecular complexity index is 246. The van der Waals surface area contributed by atoms with Crippen LogP contribution in [0.4, 0.5) is 0 Å². The summed E-state index contributed by atoms with van der Waals surface area (Å²) in [7, 11) is 0. The Kier molecular flexibility index (Phi) is 6.15. The van der Waals surface area contributed by atoms with Gasteiger partial charge in [-0.2, -0.15) is 0 Å². The molecule has 0 amide bonds. The molecule has 2 rings (SSSR count). The molecule has 0 aromatic rings. The molecule has 0 spiro atoms. The van der Waals surface area contributed by atoms with Gasteiger partial charge in [0.2, 0.25) is 0 Å². The molecule has 1 saturated heterocycles. The molecule has 0 bridgehead atoms. The van der Waals surface area contributed by atoms with Gasteiger partial charge in [-0.15, -0.1) is 0 Å². The minimum Gasteiger partial charge on any atom is -0.314 e. The predicted molar refractivity (Wildman–Crippen MR) is 83.5 cm³/mol. The molecule has 0 aromatic carbocycles. The van der Waals surface area contributed by atoms with Crippen molar-refractivity contribution < 1.29 is 0 Å². The molecule has 1 saturated carbocycles. The maximum Gasteiger partial charge on any atom is 0.0117 e. The number of nitrogens with one attached hydrogen (secondary N) is 1. The van der Waals surface area contributed by atoms with Gasteiger partial charge in [0, 0.05) is 18.6 Å². The first kappa shape index (κ1) is 15.3. The third-order valence-corrected chi connectivity index (χ3v) is 5.50. The van der Waals surface area contributed by atoms with Crippen molar-refractivity contribution in [1.82, 2.24) is 10.2 Å². The van der Waals surface area contributed by atoms with Crippen LogP contribution in [0.1, 0.15) is 65.7 Å². The second-order valence-corrected chi connectivity index (χ2v) is 6.90. The van der Waals surface area contributed by atoms with Gasteiger partial charge in [-0.05, 0) is 63.5 Å². The first-order valence-corrected chi connectivity index (χ1v) is 8.72. The molecule has 2 unspecified atom stereocenters. The van der Waals surface area contributed by atoms with Crippen LogP contribution in [0.2, 0.25) is 0 Å². The molecule has 1 aliphatic carbocycles. The maximum absolute atomic E-state index is 3.73. The van der Waals surface area contributed by atoms with Gasteiger partial charge in [0.25, 0.3) is 0 Å². The molecule has 2 heteroatoms. The van der Waals surface area contributed by atoms with Crippen molar-refractivity contribution in [1.29, 1.82) is 0 Å². The zero-order valence-electron chi connectivity index (χ0n) is 13.3. The molecule has 2 nitrogen and oxygen atoms in total. The monoisotopic (exact) mass is 266 g/mol. The van der Waals surface area contributed by atoms with Gasteiger partial charge >= 0.3 is 0 Å². The van der Waals surface area contributed by atoms with Gasteiger partial charge in [-0.1, -0.05) is 27.2 Å². The lowest BCUT2D eigenvalue weighted by atomic mass is 9.82. The van der Waals surface area contributed by atoms with Crippen LogP contribution >= 0.6 is 0 Å². The van der Waals surface area contributed by atoms with Gasteiger partial charge in [0.15, 0.2) is 0 Å². The molecule has 1 aliphatic heterocycles. The van der Waals surface area contributed by atoms with Crippen molar-refractivity contribution >= 4 is 0 Å². The molecule has 0 radical (unpaired) electrons. The zero-order chi connectivity index (χ0) is 13.7. The average Bonchev–Trinajstić information content (AvgIpc) is 2.46. The lowest BCUT2D eigenvalue weighted by Gasteiger charge is -2.43. The second kappa shape index (κ2) is 7.64. The van der Waals surface area contributed by atoms with E-state index in [1.54, 1.807) is 0 Å². The summed E-state index contributed by atoms with van der Waals surface area (Å²) in [5, 5.41) is 3.73. The normalized spacial score (nSPS) is 37.4. The van der Waals surface area contributed by atoms with E-state index in [1.807, 2.05) is 0 Å². The van der Waals surface area contributed by atoms with Crippen molar-refractivity contribution in [3.63, 3.8) is 0 Å². The minimum atomic E-state index is 0.767. The van der Waals surface area contributed by atoms with E-state index in [0.29, 0.717) is 0 Å². The molecule has 1 N–H and O–H groups in total. The molecular weight excluding hydrogens is 232 g/mol. The summed E-state index contributed by atoms with van der Waals surface area (Å²) >= 11 is 0. The highest BCUT2D eigenvalue weighted by Crippen LogP contribution is 2.31. The van der Waals surface area contributed by atoms with Crippen LogP contribution in [0.25, 0.3) is 0 Å². The number of piperidine rings is 1. The SMILES string of the molecule is CCCNC1CCN(C2CCC(CC)CC2)CC1C. The van der Waals surface area contributed by atoms with Crippen molar-refractivity contribution in [2.45, 2.75) is 77.8 Å². The second-order valence-electron chi connectivity index (χ2n) is 6.90. The zero-order valence-corrected chi connectivity index (χ0v) is 13.3. The maximum atomic E-state index is 3.73. The van der Waals surface area contributed by atoms with Gasteiger partial charge < -0.3 is 10.2 Å². The Balaban J connectivity index is 1.75. The fourth-order valence-corrected chi connectivity index (χ4v) is 4.06. The standard InChI is InChI=1S/C17H34N2/c1-4-11-18-17-10-12-19(13-14(17)3)16-8-6-15(5-2)7-9-16/h14-18H,4-13H2,1-3H3. The molecule has 2 aliphatic rings. The topological polar surface area (TPSA) is 15.3 Å². The van der Waals surface area contributed by atoms with E-state index in [-0.39, 0.29) is 0 Å². The van der Waals surface area contributed by atoms with Crippen LogP contribution in [0, 0.1) is 11.8 Å². The quantitative estimate of drug-likeness (QED) is 0.817. The van der Waals surface area contributed by atoms with E-state index < -0.39 is 0 Å². The van der Waals surface area contributed by atoms with Gasteiger partial charge in [-0.3, -0.25) is 0 Å².